The Labute approximate surface area is 111 Å². The molecule has 1 atom stereocenters. The van der Waals surface area contributed by atoms with Crippen LogP contribution in [0.4, 0.5) is 0 Å². The van der Waals surface area contributed by atoms with Gasteiger partial charge in [0.1, 0.15) is 0 Å². The van der Waals surface area contributed by atoms with Gasteiger partial charge in [0.25, 0.3) is 0 Å². The van der Waals surface area contributed by atoms with Crippen LogP contribution in [0.5, 0.6) is 0 Å². The largest absolute Gasteiger partial charge is 1.00 e. The third kappa shape index (κ3) is 3.46. The van der Waals surface area contributed by atoms with E-state index in [1.807, 2.05) is 0 Å². The van der Waals surface area contributed by atoms with Crippen molar-refractivity contribution in [1.29, 1.82) is 0 Å². The molecular weight excluding hydrogens is 235 g/mol. The third-order valence-corrected chi connectivity index (χ3v) is 2.66. The number of halogens is 1. The van der Waals surface area contributed by atoms with Crippen molar-refractivity contribution in [2.75, 3.05) is 0 Å². The summed E-state index contributed by atoms with van der Waals surface area (Å²) in [6.07, 6.45) is 0. The second kappa shape index (κ2) is 6.00. The number of carbonyl (C=O) groups is 1. The molecule has 0 spiro atoms. The van der Waals surface area contributed by atoms with Crippen molar-refractivity contribution < 1.29 is 43.1 Å². The fourth-order valence-electron chi connectivity index (χ4n) is 0.850. The van der Waals surface area contributed by atoms with E-state index in [1.54, 1.807) is 0 Å². The summed E-state index contributed by atoms with van der Waals surface area (Å²) in [5.41, 5.74) is 0.337. The zero-order chi connectivity index (χ0) is 10.0. The van der Waals surface area contributed by atoms with E-state index >= 15 is 0 Å². The van der Waals surface area contributed by atoms with Crippen LogP contribution in [-0.4, -0.2) is 14.5 Å². The van der Waals surface area contributed by atoms with Gasteiger partial charge < -0.3 is 4.55 Å². The molecule has 70 valence electrons. The molecule has 0 amide bonds. The number of rotatable bonds is 2. The number of hydrogen-bond acceptors (Lipinski definition) is 3. The molecule has 0 aliphatic carbocycles. The van der Waals surface area contributed by atoms with Crippen LogP contribution in [0.1, 0.15) is 17.3 Å². The standard InChI is InChI=1S/C8H7ClO3S.Na/c1-5(10)6-2-3-7(9)8(4-6)13(11)12;/h2-4H,1H3,(H,11,12);/q;+1/p-1. The van der Waals surface area contributed by atoms with Gasteiger partial charge >= 0.3 is 29.6 Å². The van der Waals surface area contributed by atoms with E-state index in [-0.39, 0.29) is 45.3 Å². The summed E-state index contributed by atoms with van der Waals surface area (Å²) >= 11 is 3.19. The quantitative estimate of drug-likeness (QED) is 0.370. The second-order valence-corrected chi connectivity index (χ2v) is 3.75. The smallest absolute Gasteiger partial charge is 0.768 e. The van der Waals surface area contributed by atoms with Crippen LogP contribution in [-0.2, 0) is 11.1 Å². The Morgan fingerprint density at radius 2 is 2.07 bits per heavy atom. The van der Waals surface area contributed by atoms with Crippen molar-refractivity contribution in [3.8, 4) is 0 Å². The zero-order valence-electron chi connectivity index (χ0n) is 7.74. The molecule has 6 heteroatoms. The Hall–Kier alpha value is 0.290. The number of ketones is 1. The van der Waals surface area contributed by atoms with Gasteiger partial charge in [0.05, 0.1) is 5.02 Å². The van der Waals surface area contributed by atoms with E-state index in [2.05, 4.69) is 0 Å². The van der Waals surface area contributed by atoms with Gasteiger partial charge in [-0.05, 0) is 36.2 Å². The van der Waals surface area contributed by atoms with Crippen molar-refractivity contribution in [2.24, 2.45) is 0 Å². The first kappa shape index (κ1) is 14.3. The molecule has 0 heterocycles. The van der Waals surface area contributed by atoms with E-state index in [4.69, 9.17) is 11.6 Å². The monoisotopic (exact) mass is 240 g/mol. The molecule has 0 radical (unpaired) electrons. The number of Topliss-reactive ketones (excluding diaryl/α,β-unsaturated/α-hetero) is 1. The molecule has 0 aliphatic heterocycles. The van der Waals surface area contributed by atoms with Crippen LogP contribution in [0.25, 0.3) is 0 Å². The van der Waals surface area contributed by atoms with Crippen LogP contribution in [0, 0.1) is 0 Å². The topological polar surface area (TPSA) is 57.2 Å². The van der Waals surface area contributed by atoms with Crippen LogP contribution >= 0.6 is 11.6 Å². The summed E-state index contributed by atoms with van der Waals surface area (Å²) in [5, 5.41) is 0.123. The Bertz CT molecular complexity index is 381. The summed E-state index contributed by atoms with van der Waals surface area (Å²) in [6.45, 7) is 1.36. The van der Waals surface area contributed by atoms with Gasteiger partial charge in [-0.15, -0.1) is 0 Å². The minimum absolute atomic E-state index is 0. The normalized spacial score (nSPS) is 11.6. The van der Waals surface area contributed by atoms with Gasteiger partial charge in [-0.3, -0.25) is 9.00 Å². The fraction of sp³-hybridized carbons (Fsp3) is 0.125. The predicted octanol–water partition coefficient (Wildman–Crippen LogP) is -1.22. The summed E-state index contributed by atoms with van der Waals surface area (Å²) in [7, 11) is 0. The average Bonchev–Trinajstić information content (AvgIpc) is 2.04. The maximum atomic E-state index is 10.9. The Morgan fingerprint density at radius 3 is 2.50 bits per heavy atom. The van der Waals surface area contributed by atoms with E-state index in [9.17, 15) is 13.6 Å². The first-order chi connectivity index (χ1) is 6.02. The van der Waals surface area contributed by atoms with Gasteiger partial charge in [0.2, 0.25) is 0 Å². The van der Waals surface area contributed by atoms with Crippen LogP contribution in [0.15, 0.2) is 23.1 Å². The SMILES string of the molecule is CC(=O)c1ccc(Cl)c(S(=O)[O-])c1.[Na+]. The molecule has 1 aromatic rings. The summed E-state index contributed by atoms with van der Waals surface area (Å²) in [6, 6.07) is 4.14. The number of benzene rings is 1. The molecule has 0 saturated carbocycles. The molecule has 0 aromatic heterocycles. The summed E-state index contributed by atoms with van der Waals surface area (Å²) in [4.78, 5) is 10.8. The predicted molar refractivity (Wildman–Crippen MR) is 48.6 cm³/mol. The number of carbonyl (C=O) groups excluding carboxylic acids is 1. The molecule has 1 unspecified atom stereocenters. The van der Waals surface area contributed by atoms with Crippen molar-refractivity contribution in [3.63, 3.8) is 0 Å². The molecule has 0 fully saturated rings. The van der Waals surface area contributed by atoms with Gasteiger partial charge in [0.15, 0.2) is 5.78 Å². The maximum absolute atomic E-state index is 10.9. The molecule has 3 nitrogen and oxygen atoms in total. The molecule has 1 rings (SSSR count). The van der Waals surface area contributed by atoms with Crippen molar-refractivity contribution in [3.05, 3.63) is 28.8 Å². The van der Waals surface area contributed by atoms with Gasteiger partial charge in [-0.1, -0.05) is 11.6 Å². The van der Waals surface area contributed by atoms with Crippen molar-refractivity contribution in [1.82, 2.24) is 0 Å². The molecule has 0 bridgehead atoms. The van der Waals surface area contributed by atoms with E-state index < -0.39 is 11.1 Å². The van der Waals surface area contributed by atoms with E-state index in [1.165, 1.54) is 25.1 Å². The minimum atomic E-state index is -2.40. The molecule has 0 aliphatic rings. The first-order valence-corrected chi connectivity index (χ1v) is 4.87. The van der Waals surface area contributed by atoms with Gasteiger partial charge in [-0.25, -0.2) is 0 Å². The summed E-state index contributed by atoms with van der Waals surface area (Å²) in [5.74, 6) is -0.191. The van der Waals surface area contributed by atoms with E-state index in [0.29, 0.717) is 5.56 Å². The Morgan fingerprint density at radius 1 is 1.50 bits per heavy atom. The van der Waals surface area contributed by atoms with Crippen LogP contribution in [0.3, 0.4) is 0 Å². The molecule has 0 saturated heterocycles. The Balaban J connectivity index is 0.00000169. The van der Waals surface area contributed by atoms with Crippen molar-refractivity contribution >= 4 is 28.5 Å². The van der Waals surface area contributed by atoms with Crippen LogP contribution in [0.2, 0.25) is 5.02 Å². The van der Waals surface area contributed by atoms with Gasteiger partial charge in [0, 0.05) is 10.5 Å². The fourth-order valence-corrected chi connectivity index (χ4v) is 1.61. The van der Waals surface area contributed by atoms with E-state index in [0.717, 1.165) is 0 Å². The molecule has 1 aromatic carbocycles. The third-order valence-electron chi connectivity index (χ3n) is 1.52. The second-order valence-electron chi connectivity index (χ2n) is 2.44. The average molecular weight is 241 g/mol. The number of hydrogen-bond donors (Lipinski definition) is 0. The molecule has 14 heavy (non-hydrogen) atoms. The molecule has 0 N–H and O–H groups in total. The minimum Gasteiger partial charge on any atom is -0.768 e. The Kier molecular flexibility index (Phi) is 6.12. The van der Waals surface area contributed by atoms with Crippen molar-refractivity contribution in [2.45, 2.75) is 11.8 Å². The maximum Gasteiger partial charge on any atom is 1.00 e. The van der Waals surface area contributed by atoms with Gasteiger partial charge in [-0.2, -0.15) is 0 Å². The van der Waals surface area contributed by atoms with Crippen LogP contribution < -0.4 is 29.6 Å². The first-order valence-electron chi connectivity index (χ1n) is 3.42. The zero-order valence-corrected chi connectivity index (χ0v) is 11.3. The molecular formula is C8H6ClNaO3S. The summed E-state index contributed by atoms with van der Waals surface area (Å²) < 4.78 is 21.2.